The maximum atomic E-state index is 12.6. The van der Waals surface area contributed by atoms with Gasteiger partial charge in [0, 0.05) is 0 Å². The Morgan fingerprint density at radius 3 is 0.882 bits per heavy atom. The second-order valence-corrected chi connectivity index (χ2v) is 21.6. The van der Waals surface area contributed by atoms with E-state index in [9.17, 15) is 20.1 Å². The first-order valence-electron chi connectivity index (χ1n) is 31.1. The number of rotatable bonds is 58. The van der Waals surface area contributed by atoms with Crippen molar-refractivity contribution in [3.8, 4) is 0 Å². The standard InChI is InChI=1S/C63H123NO4/c1-3-5-7-9-11-13-15-17-19-21-22-23-24-25-26-27-28-29-30-31-32-33-34-35-36-37-38-39-40-41-42-44-46-48-50-52-54-56-58-62(67)63(68)64-60(59-65)61(66)57-55-53-51-49-47-45-43-20-18-16-14-12-10-8-6-4-2/h28-29,31-32,60-62,65-67H,3-27,30,33-59H2,1-2H3,(H,64,68)/b29-28-,32-31-. The molecule has 0 rings (SSSR count). The van der Waals surface area contributed by atoms with Gasteiger partial charge in [0.2, 0.25) is 5.91 Å². The minimum Gasteiger partial charge on any atom is -0.394 e. The van der Waals surface area contributed by atoms with Crippen LogP contribution in [0.2, 0.25) is 0 Å². The molecule has 5 heteroatoms. The number of carbonyl (C=O) groups is 1. The molecular weight excluding hydrogens is 835 g/mol. The van der Waals surface area contributed by atoms with E-state index < -0.39 is 24.2 Å². The Bertz CT molecular complexity index is 1010. The molecule has 0 fully saturated rings. The SMILES string of the molecule is CCCCCCCCCCCCCCCCC/C=C\C/C=C\CCCCCCCCCCCCCCCCCCC(O)C(=O)NC(CO)C(O)CCCCCCCCCCCCCCCCCC. The lowest BCUT2D eigenvalue weighted by atomic mass is 10.0. The number of aliphatic hydroxyl groups is 3. The molecular formula is C63H123NO4. The van der Waals surface area contributed by atoms with Gasteiger partial charge in [0.25, 0.3) is 0 Å². The van der Waals surface area contributed by atoms with Crippen LogP contribution in [0, 0.1) is 0 Å². The summed E-state index contributed by atoms with van der Waals surface area (Å²) in [6, 6.07) is -0.710. The van der Waals surface area contributed by atoms with E-state index in [0.29, 0.717) is 12.8 Å². The molecule has 0 saturated carbocycles. The number of nitrogens with one attached hydrogen (secondary N) is 1. The molecule has 3 unspecified atom stereocenters. The second kappa shape index (κ2) is 58.4. The van der Waals surface area contributed by atoms with Crippen molar-refractivity contribution in [3.63, 3.8) is 0 Å². The van der Waals surface area contributed by atoms with Crippen LogP contribution in [-0.4, -0.2) is 46.1 Å². The zero-order chi connectivity index (χ0) is 49.3. The third-order valence-electron chi connectivity index (χ3n) is 14.8. The van der Waals surface area contributed by atoms with E-state index in [1.54, 1.807) is 0 Å². The molecule has 5 nitrogen and oxygen atoms in total. The van der Waals surface area contributed by atoms with Gasteiger partial charge in [-0.25, -0.2) is 0 Å². The molecule has 0 aliphatic carbocycles. The third-order valence-corrected chi connectivity index (χ3v) is 14.8. The molecule has 0 aliphatic rings. The Morgan fingerprint density at radius 1 is 0.353 bits per heavy atom. The Labute approximate surface area is 426 Å². The maximum absolute atomic E-state index is 12.6. The van der Waals surface area contributed by atoms with Crippen LogP contribution >= 0.6 is 0 Å². The van der Waals surface area contributed by atoms with Crippen molar-refractivity contribution in [2.45, 2.75) is 366 Å². The first-order chi connectivity index (χ1) is 33.6. The molecule has 0 aromatic heterocycles. The van der Waals surface area contributed by atoms with E-state index >= 15 is 0 Å². The molecule has 0 radical (unpaired) electrons. The van der Waals surface area contributed by atoms with Crippen molar-refractivity contribution >= 4 is 5.91 Å². The summed E-state index contributed by atoms with van der Waals surface area (Å²) in [6.07, 6.45) is 75.4. The highest BCUT2D eigenvalue weighted by Gasteiger charge is 2.23. The van der Waals surface area contributed by atoms with E-state index in [4.69, 9.17) is 0 Å². The van der Waals surface area contributed by atoms with Gasteiger partial charge in [0.05, 0.1) is 18.8 Å². The maximum Gasteiger partial charge on any atom is 0.249 e. The summed E-state index contributed by atoms with van der Waals surface area (Å²) in [5.74, 6) is -0.465. The van der Waals surface area contributed by atoms with Gasteiger partial charge in [0.1, 0.15) is 6.10 Å². The fourth-order valence-electron chi connectivity index (χ4n) is 9.99. The Balaban J connectivity index is 3.46. The molecule has 0 heterocycles. The highest BCUT2D eigenvalue weighted by Crippen LogP contribution is 2.18. The van der Waals surface area contributed by atoms with Crippen molar-refractivity contribution in [2.24, 2.45) is 0 Å². The van der Waals surface area contributed by atoms with Crippen LogP contribution in [0.1, 0.15) is 348 Å². The van der Waals surface area contributed by atoms with Crippen molar-refractivity contribution in [1.82, 2.24) is 5.32 Å². The summed E-state index contributed by atoms with van der Waals surface area (Å²) in [5.41, 5.74) is 0. The zero-order valence-electron chi connectivity index (χ0n) is 46.3. The average molecular weight is 959 g/mol. The summed E-state index contributed by atoms with van der Waals surface area (Å²) < 4.78 is 0. The summed E-state index contributed by atoms with van der Waals surface area (Å²) in [4.78, 5) is 12.6. The topological polar surface area (TPSA) is 89.8 Å². The number of unbranched alkanes of at least 4 members (excludes halogenated alkanes) is 46. The van der Waals surface area contributed by atoms with Gasteiger partial charge in [-0.05, 0) is 44.9 Å². The number of hydrogen-bond donors (Lipinski definition) is 4. The Hall–Kier alpha value is -1.17. The number of aliphatic hydroxyl groups excluding tert-OH is 3. The fourth-order valence-corrected chi connectivity index (χ4v) is 9.99. The molecule has 4 N–H and O–H groups in total. The van der Waals surface area contributed by atoms with Gasteiger partial charge >= 0.3 is 0 Å². The third kappa shape index (κ3) is 52.6. The number of carbonyl (C=O) groups excluding carboxylic acids is 1. The van der Waals surface area contributed by atoms with Crippen LogP contribution in [-0.2, 0) is 4.79 Å². The van der Waals surface area contributed by atoms with Crippen molar-refractivity contribution < 1.29 is 20.1 Å². The molecule has 404 valence electrons. The summed E-state index contributed by atoms with van der Waals surface area (Å²) in [7, 11) is 0. The normalized spacial score (nSPS) is 13.3. The van der Waals surface area contributed by atoms with Crippen LogP contribution in [0.3, 0.4) is 0 Å². The van der Waals surface area contributed by atoms with Crippen molar-refractivity contribution in [1.29, 1.82) is 0 Å². The number of hydrogen-bond acceptors (Lipinski definition) is 4. The highest BCUT2D eigenvalue weighted by molar-refractivity contribution is 5.80. The van der Waals surface area contributed by atoms with E-state index in [0.717, 1.165) is 38.5 Å². The molecule has 0 aliphatic heterocycles. The van der Waals surface area contributed by atoms with E-state index in [1.165, 1.54) is 283 Å². The predicted molar refractivity (Wildman–Crippen MR) is 301 cm³/mol. The minimum atomic E-state index is -1.07. The van der Waals surface area contributed by atoms with E-state index in [2.05, 4.69) is 43.5 Å². The number of allylic oxidation sites excluding steroid dienone is 4. The summed E-state index contributed by atoms with van der Waals surface area (Å²) in [6.45, 7) is 4.27. The quantitative estimate of drug-likeness (QED) is 0.0361. The minimum absolute atomic E-state index is 0.310. The Morgan fingerprint density at radius 2 is 0.603 bits per heavy atom. The zero-order valence-corrected chi connectivity index (χ0v) is 46.3. The predicted octanol–water partition coefficient (Wildman–Crippen LogP) is 19.6. The smallest absolute Gasteiger partial charge is 0.249 e. The van der Waals surface area contributed by atoms with Gasteiger partial charge in [-0.2, -0.15) is 0 Å². The van der Waals surface area contributed by atoms with E-state index in [-0.39, 0.29) is 6.61 Å². The van der Waals surface area contributed by atoms with Gasteiger partial charge in [0.15, 0.2) is 0 Å². The van der Waals surface area contributed by atoms with E-state index in [1.807, 2.05) is 0 Å². The van der Waals surface area contributed by atoms with Crippen LogP contribution in [0.15, 0.2) is 24.3 Å². The molecule has 0 saturated heterocycles. The Kier molecular flexibility index (Phi) is 57.4. The molecule has 0 bridgehead atoms. The van der Waals surface area contributed by atoms with Crippen LogP contribution in [0.4, 0.5) is 0 Å². The monoisotopic (exact) mass is 958 g/mol. The van der Waals surface area contributed by atoms with Crippen LogP contribution < -0.4 is 5.32 Å². The molecule has 68 heavy (non-hydrogen) atoms. The second-order valence-electron chi connectivity index (χ2n) is 21.6. The molecule has 0 aromatic rings. The first kappa shape index (κ1) is 66.8. The van der Waals surface area contributed by atoms with Gasteiger partial charge < -0.3 is 20.6 Å². The average Bonchev–Trinajstić information content (AvgIpc) is 3.34. The van der Waals surface area contributed by atoms with Crippen LogP contribution in [0.5, 0.6) is 0 Å². The lowest BCUT2D eigenvalue weighted by Gasteiger charge is -2.23. The molecule has 3 atom stereocenters. The van der Waals surface area contributed by atoms with Gasteiger partial charge in [-0.1, -0.05) is 327 Å². The van der Waals surface area contributed by atoms with Crippen molar-refractivity contribution in [2.75, 3.05) is 6.61 Å². The molecule has 0 aromatic carbocycles. The number of amides is 1. The highest BCUT2D eigenvalue weighted by atomic mass is 16.3. The summed E-state index contributed by atoms with van der Waals surface area (Å²) >= 11 is 0. The fraction of sp³-hybridized carbons (Fsp3) is 0.921. The lowest BCUT2D eigenvalue weighted by Crippen LogP contribution is -2.49. The van der Waals surface area contributed by atoms with Crippen LogP contribution in [0.25, 0.3) is 0 Å². The molecule has 0 spiro atoms. The van der Waals surface area contributed by atoms with Crippen molar-refractivity contribution in [3.05, 3.63) is 24.3 Å². The summed E-state index contributed by atoms with van der Waals surface area (Å²) in [5, 5.41) is 33.5. The van der Waals surface area contributed by atoms with Gasteiger partial charge in [-0.15, -0.1) is 0 Å². The lowest BCUT2D eigenvalue weighted by molar-refractivity contribution is -0.131. The largest absolute Gasteiger partial charge is 0.394 e. The molecule has 1 amide bonds. The first-order valence-corrected chi connectivity index (χ1v) is 31.1. The van der Waals surface area contributed by atoms with Gasteiger partial charge in [-0.3, -0.25) is 4.79 Å².